The normalized spacial score (nSPS) is 16.1. The fourth-order valence-corrected chi connectivity index (χ4v) is 3.79. The number of para-hydroxylation sites is 1. The number of carbonyl (C=O) groups excluding carboxylic acids is 1. The van der Waals surface area contributed by atoms with Gasteiger partial charge in [0.15, 0.2) is 0 Å². The van der Waals surface area contributed by atoms with Crippen molar-refractivity contribution in [3.05, 3.63) is 64.7 Å². The molecule has 1 fully saturated rings. The van der Waals surface area contributed by atoms with Crippen LogP contribution < -0.4 is 10.1 Å². The van der Waals surface area contributed by atoms with Crippen LogP contribution in [0.4, 0.5) is 0 Å². The topological polar surface area (TPSA) is 41.6 Å². The predicted molar refractivity (Wildman–Crippen MR) is 105 cm³/mol. The molecule has 0 bridgehead atoms. The number of nitrogens with zero attached hydrogens (tertiary/aromatic N) is 1. The Balaban J connectivity index is 1.77. The smallest absolute Gasteiger partial charge is 0.255 e. The number of halogens is 1. The van der Waals surface area contributed by atoms with Crippen molar-refractivity contribution in [1.82, 2.24) is 10.2 Å². The Labute approximate surface area is 160 Å². The van der Waals surface area contributed by atoms with E-state index >= 15 is 0 Å². The third-order valence-electron chi connectivity index (χ3n) is 4.90. The second-order valence-corrected chi connectivity index (χ2v) is 6.95. The second kappa shape index (κ2) is 9.06. The summed E-state index contributed by atoms with van der Waals surface area (Å²) < 4.78 is 5.30. The lowest BCUT2D eigenvalue weighted by Crippen LogP contribution is -2.40. The van der Waals surface area contributed by atoms with Gasteiger partial charge in [-0.1, -0.05) is 48.4 Å². The van der Waals surface area contributed by atoms with E-state index in [9.17, 15) is 4.79 Å². The van der Waals surface area contributed by atoms with E-state index in [4.69, 9.17) is 16.3 Å². The van der Waals surface area contributed by atoms with Gasteiger partial charge in [-0.15, -0.1) is 0 Å². The zero-order chi connectivity index (χ0) is 18.4. The molecule has 26 heavy (non-hydrogen) atoms. The van der Waals surface area contributed by atoms with Crippen LogP contribution >= 0.6 is 11.6 Å². The summed E-state index contributed by atoms with van der Waals surface area (Å²) in [6.07, 6.45) is 3.63. The molecule has 2 aromatic carbocycles. The van der Waals surface area contributed by atoms with Crippen LogP contribution in [0.5, 0.6) is 5.75 Å². The Morgan fingerprint density at radius 3 is 2.54 bits per heavy atom. The van der Waals surface area contributed by atoms with Crippen LogP contribution in [0, 0.1) is 0 Å². The molecule has 3 rings (SSSR count). The number of nitrogens with one attached hydrogen (secondary N) is 1. The molecule has 1 heterocycles. The molecular formula is C21H25ClN2O2. The summed E-state index contributed by atoms with van der Waals surface area (Å²) in [5.41, 5.74) is 1.61. The maximum Gasteiger partial charge on any atom is 0.255 e. The first kappa shape index (κ1) is 18.7. The standard InChI is InChI=1S/C21H25ClN2O2/c1-26-20-12-6-4-10-17(20)21(25)23-15-19(24-13-7-2-8-14-24)16-9-3-5-11-18(16)22/h3-6,9-12,19H,2,7-8,13-15H2,1H3,(H,23,25). The molecule has 1 unspecified atom stereocenters. The summed E-state index contributed by atoms with van der Waals surface area (Å²) in [6, 6.07) is 15.2. The molecular weight excluding hydrogens is 348 g/mol. The van der Waals surface area contributed by atoms with Gasteiger partial charge in [0, 0.05) is 11.6 Å². The van der Waals surface area contributed by atoms with Gasteiger partial charge in [0.1, 0.15) is 5.75 Å². The van der Waals surface area contributed by atoms with E-state index in [0.717, 1.165) is 23.7 Å². The summed E-state index contributed by atoms with van der Waals surface area (Å²) >= 11 is 6.46. The quantitative estimate of drug-likeness (QED) is 0.821. The number of hydrogen-bond acceptors (Lipinski definition) is 3. The minimum atomic E-state index is -0.128. The maximum atomic E-state index is 12.7. The number of hydrogen-bond donors (Lipinski definition) is 1. The lowest BCUT2D eigenvalue weighted by Gasteiger charge is -2.35. The minimum absolute atomic E-state index is 0.0719. The molecule has 2 aromatic rings. The Morgan fingerprint density at radius 2 is 1.81 bits per heavy atom. The van der Waals surface area contributed by atoms with E-state index in [0.29, 0.717) is 17.9 Å². The highest BCUT2D eigenvalue weighted by Crippen LogP contribution is 2.29. The van der Waals surface area contributed by atoms with Crippen molar-refractivity contribution >= 4 is 17.5 Å². The molecule has 0 saturated carbocycles. The van der Waals surface area contributed by atoms with Crippen LogP contribution in [-0.2, 0) is 0 Å². The van der Waals surface area contributed by atoms with E-state index in [1.807, 2.05) is 30.3 Å². The van der Waals surface area contributed by atoms with Crippen molar-refractivity contribution in [1.29, 1.82) is 0 Å². The van der Waals surface area contributed by atoms with Crippen molar-refractivity contribution in [3.63, 3.8) is 0 Å². The second-order valence-electron chi connectivity index (χ2n) is 6.54. The Morgan fingerprint density at radius 1 is 1.12 bits per heavy atom. The van der Waals surface area contributed by atoms with Crippen molar-refractivity contribution in [2.24, 2.45) is 0 Å². The van der Waals surface area contributed by atoms with E-state index in [2.05, 4.69) is 16.3 Å². The predicted octanol–water partition coefficient (Wildman–Crippen LogP) is 4.31. The van der Waals surface area contributed by atoms with Crippen molar-refractivity contribution in [2.75, 3.05) is 26.7 Å². The number of piperidine rings is 1. The van der Waals surface area contributed by atoms with Crippen molar-refractivity contribution in [3.8, 4) is 5.75 Å². The van der Waals surface area contributed by atoms with Gasteiger partial charge in [-0.2, -0.15) is 0 Å². The molecule has 1 N–H and O–H groups in total. The highest BCUT2D eigenvalue weighted by atomic mass is 35.5. The molecule has 0 spiro atoms. The van der Waals surface area contributed by atoms with Crippen molar-refractivity contribution in [2.45, 2.75) is 25.3 Å². The number of rotatable bonds is 6. The summed E-state index contributed by atoms with van der Waals surface area (Å²) in [5, 5.41) is 3.82. The molecule has 5 heteroatoms. The molecule has 0 aliphatic carbocycles. The van der Waals surface area contributed by atoms with Crippen molar-refractivity contribution < 1.29 is 9.53 Å². The zero-order valence-electron chi connectivity index (χ0n) is 15.1. The van der Waals surface area contributed by atoms with Gasteiger partial charge in [-0.3, -0.25) is 9.69 Å². The van der Waals surface area contributed by atoms with Gasteiger partial charge in [0.25, 0.3) is 5.91 Å². The van der Waals surface area contributed by atoms with Gasteiger partial charge in [0.05, 0.1) is 18.7 Å². The maximum absolute atomic E-state index is 12.7. The van der Waals surface area contributed by atoms with Crippen LogP contribution in [0.1, 0.15) is 41.2 Å². The van der Waals surface area contributed by atoms with Crippen LogP contribution in [0.2, 0.25) is 5.02 Å². The Kier molecular flexibility index (Phi) is 6.53. The Bertz CT molecular complexity index is 744. The largest absolute Gasteiger partial charge is 0.496 e. The monoisotopic (exact) mass is 372 g/mol. The number of carbonyl (C=O) groups is 1. The first-order valence-electron chi connectivity index (χ1n) is 9.10. The van der Waals surface area contributed by atoms with Gasteiger partial charge in [0.2, 0.25) is 0 Å². The molecule has 1 aliphatic rings. The average Bonchev–Trinajstić information content (AvgIpc) is 2.70. The summed E-state index contributed by atoms with van der Waals surface area (Å²) in [6.45, 7) is 2.57. The number of amides is 1. The number of likely N-dealkylation sites (tertiary alicyclic amines) is 1. The molecule has 1 saturated heterocycles. The van der Waals surface area contributed by atoms with Gasteiger partial charge >= 0.3 is 0 Å². The first-order chi connectivity index (χ1) is 12.7. The summed E-state index contributed by atoms with van der Waals surface area (Å²) in [7, 11) is 1.58. The lowest BCUT2D eigenvalue weighted by atomic mass is 10.0. The number of ether oxygens (including phenoxy) is 1. The zero-order valence-corrected chi connectivity index (χ0v) is 15.8. The fourth-order valence-electron chi connectivity index (χ4n) is 3.53. The van der Waals surface area contributed by atoms with Crippen LogP contribution in [0.15, 0.2) is 48.5 Å². The van der Waals surface area contributed by atoms with Crippen LogP contribution in [-0.4, -0.2) is 37.6 Å². The molecule has 138 valence electrons. The highest BCUT2D eigenvalue weighted by Gasteiger charge is 2.25. The van der Waals surface area contributed by atoms with Crippen LogP contribution in [0.25, 0.3) is 0 Å². The lowest BCUT2D eigenvalue weighted by molar-refractivity contribution is 0.0921. The van der Waals surface area contributed by atoms with Gasteiger partial charge < -0.3 is 10.1 Å². The van der Waals surface area contributed by atoms with E-state index in [-0.39, 0.29) is 11.9 Å². The third kappa shape index (κ3) is 4.37. The molecule has 0 aromatic heterocycles. The van der Waals surface area contributed by atoms with Crippen LogP contribution in [0.3, 0.4) is 0 Å². The van der Waals surface area contributed by atoms with E-state index in [1.165, 1.54) is 19.3 Å². The third-order valence-corrected chi connectivity index (χ3v) is 5.25. The molecule has 4 nitrogen and oxygen atoms in total. The fraction of sp³-hybridized carbons (Fsp3) is 0.381. The molecule has 1 atom stereocenters. The summed E-state index contributed by atoms with van der Waals surface area (Å²) in [5.74, 6) is 0.453. The molecule has 0 radical (unpaired) electrons. The average molecular weight is 373 g/mol. The first-order valence-corrected chi connectivity index (χ1v) is 9.48. The van der Waals surface area contributed by atoms with Gasteiger partial charge in [-0.25, -0.2) is 0 Å². The molecule has 1 amide bonds. The van der Waals surface area contributed by atoms with E-state index < -0.39 is 0 Å². The number of benzene rings is 2. The van der Waals surface area contributed by atoms with E-state index in [1.54, 1.807) is 19.2 Å². The summed E-state index contributed by atoms with van der Waals surface area (Å²) in [4.78, 5) is 15.1. The van der Waals surface area contributed by atoms with Gasteiger partial charge in [-0.05, 0) is 49.7 Å². The Hall–Kier alpha value is -2.04. The SMILES string of the molecule is COc1ccccc1C(=O)NCC(c1ccccc1Cl)N1CCCCC1. The minimum Gasteiger partial charge on any atom is -0.496 e. The number of methoxy groups -OCH3 is 1. The highest BCUT2D eigenvalue weighted by molar-refractivity contribution is 6.31. The molecule has 1 aliphatic heterocycles.